The Kier molecular flexibility index (Phi) is 4.74. The number of esters is 2. The van der Waals surface area contributed by atoms with Crippen LogP contribution in [0.1, 0.15) is 9.67 Å². The first kappa shape index (κ1) is 16.3. The fourth-order valence-corrected chi connectivity index (χ4v) is 4.41. The normalized spacial score (nSPS) is 11.4. The van der Waals surface area contributed by atoms with Crippen molar-refractivity contribution in [2.75, 3.05) is 20.8 Å². The Labute approximate surface area is 130 Å². The van der Waals surface area contributed by atoms with Crippen LogP contribution in [0.4, 0.5) is 0 Å². The lowest BCUT2D eigenvalue weighted by Crippen LogP contribution is -2.31. The number of nitrogens with one attached hydrogen (secondary N) is 1. The van der Waals surface area contributed by atoms with Crippen molar-refractivity contribution in [3.63, 3.8) is 0 Å². The first-order chi connectivity index (χ1) is 10.4. The molecule has 118 valence electrons. The third-order valence-corrected chi connectivity index (χ3v) is 5.40. The molecule has 0 aliphatic carbocycles. The molecule has 0 atom stereocenters. The standard InChI is InChI=1S/C12H12N2O6S2/c1-19-8(15)6-14-22(17,18)10-7-4-3-5-13-11(7)21-9(10)12(16)20-2/h3-5,14H,6H2,1-2H3. The lowest BCUT2D eigenvalue weighted by Gasteiger charge is -2.06. The Balaban J connectivity index is 2.56. The Hall–Kier alpha value is -2.04. The van der Waals surface area contributed by atoms with Gasteiger partial charge in [0, 0.05) is 11.6 Å². The van der Waals surface area contributed by atoms with E-state index in [-0.39, 0.29) is 15.2 Å². The number of pyridine rings is 1. The van der Waals surface area contributed by atoms with Crippen LogP contribution in [0, 0.1) is 0 Å². The van der Waals surface area contributed by atoms with Gasteiger partial charge < -0.3 is 9.47 Å². The maximum atomic E-state index is 12.4. The molecule has 0 radical (unpaired) electrons. The van der Waals surface area contributed by atoms with E-state index in [0.29, 0.717) is 4.83 Å². The highest BCUT2D eigenvalue weighted by atomic mass is 32.2. The second-order valence-corrected chi connectivity index (χ2v) is 6.71. The summed E-state index contributed by atoms with van der Waals surface area (Å²) in [7, 11) is -1.83. The van der Waals surface area contributed by atoms with Crippen LogP contribution in [0.5, 0.6) is 0 Å². The number of hydrogen-bond acceptors (Lipinski definition) is 8. The zero-order valence-corrected chi connectivity index (χ0v) is 13.3. The fourth-order valence-electron chi connectivity index (χ4n) is 1.70. The van der Waals surface area contributed by atoms with Crippen molar-refractivity contribution in [3.8, 4) is 0 Å². The number of ether oxygens (including phenoxy) is 2. The van der Waals surface area contributed by atoms with Crippen molar-refractivity contribution < 1.29 is 27.5 Å². The highest BCUT2D eigenvalue weighted by molar-refractivity contribution is 7.90. The number of methoxy groups -OCH3 is 2. The molecule has 2 heterocycles. The summed E-state index contributed by atoms with van der Waals surface area (Å²) in [4.78, 5) is 27.0. The van der Waals surface area contributed by atoms with E-state index in [1.165, 1.54) is 12.3 Å². The molecule has 0 saturated carbocycles. The van der Waals surface area contributed by atoms with Crippen LogP contribution < -0.4 is 4.72 Å². The number of sulfonamides is 1. The molecule has 2 aromatic heterocycles. The van der Waals surface area contributed by atoms with Gasteiger partial charge in [-0.1, -0.05) is 0 Å². The number of nitrogens with zero attached hydrogens (tertiary/aromatic N) is 1. The van der Waals surface area contributed by atoms with Gasteiger partial charge in [-0.15, -0.1) is 11.3 Å². The van der Waals surface area contributed by atoms with E-state index >= 15 is 0 Å². The summed E-state index contributed by atoms with van der Waals surface area (Å²) in [6, 6.07) is 3.08. The lowest BCUT2D eigenvalue weighted by molar-refractivity contribution is -0.139. The minimum atomic E-state index is -4.12. The van der Waals surface area contributed by atoms with Crippen LogP contribution in [0.25, 0.3) is 10.2 Å². The molecule has 0 unspecified atom stereocenters. The number of thiophene rings is 1. The molecule has 8 nitrogen and oxygen atoms in total. The minimum absolute atomic E-state index is 0.103. The van der Waals surface area contributed by atoms with Gasteiger partial charge >= 0.3 is 11.9 Å². The molecule has 0 fully saturated rings. The maximum Gasteiger partial charge on any atom is 0.349 e. The van der Waals surface area contributed by atoms with Crippen LogP contribution in [0.2, 0.25) is 0 Å². The molecule has 0 aromatic carbocycles. The highest BCUT2D eigenvalue weighted by Crippen LogP contribution is 2.33. The van der Waals surface area contributed by atoms with E-state index < -0.39 is 28.5 Å². The van der Waals surface area contributed by atoms with Gasteiger partial charge in [0.05, 0.1) is 14.2 Å². The zero-order valence-electron chi connectivity index (χ0n) is 11.7. The summed E-state index contributed by atoms with van der Waals surface area (Å²) in [5.74, 6) is -1.54. The van der Waals surface area contributed by atoms with Gasteiger partial charge in [-0.05, 0) is 12.1 Å². The fraction of sp³-hybridized carbons (Fsp3) is 0.250. The molecule has 0 saturated heterocycles. The van der Waals surface area contributed by atoms with Gasteiger partial charge in [0.2, 0.25) is 10.0 Å². The van der Waals surface area contributed by atoms with Crippen LogP contribution >= 0.6 is 11.3 Å². The number of aromatic nitrogens is 1. The molecular formula is C12H12N2O6S2. The van der Waals surface area contributed by atoms with E-state index in [1.54, 1.807) is 6.07 Å². The summed E-state index contributed by atoms with van der Waals surface area (Å²) in [5, 5.41) is 0.283. The van der Waals surface area contributed by atoms with Gasteiger partial charge in [-0.2, -0.15) is 4.72 Å². The predicted octanol–water partition coefficient (Wildman–Crippen LogP) is 0.534. The van der Waals surface area contributed by atoms with E-state index in [0.717, 1.165) is 25.6 Å². The highest BCUT2D eigenvalue weighted by Gasteiger charge is 2.29. The summed E-state index contributed by atoms with van der Waals surface area (Å²) >= 11 is 0.902. The second-order valence-electron chi connectivity index (χ2n) is 4.01. The second kappa shape index (κ2) is 6.38. The Bertz CT molecular complexity index is 827. The molecule has 10 heteroatoms. The van der Waals surface area contributed by atoms with Crippen LogP contribution in [0.3, 0.4) is 0 Å². The van der Waals surface area contributed by atoms with Crippen LogP contribution in [-0.4, -0.2) is 46.1 Å². The Morgan fingerprint density at radius 1 is 1.32 bits per heavy atom. The molecule has 0 aliphatic heterocycles. The van der Waals surface area contributed by atoms with E-state index in [9.17, 15) is 18.0 Å². The molecule has 0 spiro atoms. The van der Waals surface area contributed by atoms with Gasteiger partial charge in [-0.25, -0.2) is 18.2 Å². The van der Waals surface area contributed by atoms with E-state index in [1.807, 2.05) is 0 Å². The topological polar surface area (TPSA) is 112 Å². The summed E-state index contributed by atoms with van der Waals surface area (Å²) in [5.41, 5.74) is 0. The third kappa shape index (κ3) is 3.08. The molecule has 1 N–H and O–H groups in total. The molecule has 2 aromatic rings. The summed E-state index contributed by atoms with van der Waals surface area (Å²) in [6.07, 6.45) is 1.48. The van der Waals surface area contributed by atoms with Gasteiger partial charge in [0.15, 0.2) is 0 Å². The van der Waals surface area contributed by atoms with E-state index in [2.05, 4.69) is 19.2 Å². The summed E-state index contributed by atoms with van der Waals surface area (Å²) in [6.45, 7) is -0.545. The smallest absolute Gasteiger partial charge is 0.349 e. The number of fused-ring (bicyclic) bond motifs is 1. The average molecular weight is 344 g/mol. The van der Waals surface area contributed by atoms with Crippen LogP contribution in [-0.2, 0) is 24.3 Å². The maximum absolute atomic E-state index is 12.4. The molecule has 0 aliphatic rings. The largest absolute Gasteiger partial charge is 0.468 e. The van der Waals surface area contributed by atoms with Crippen molar-refractivity contribution in [1.29, 1.82) is 0 Å². The minimum Gasteiger partial charge on any atom is -0.468 e. The van der Waals surface area contributed by atoms with Gasteiger partial charge in [0.1, 0.15) is 21.1 Å². The number of carbonyl (C=O) groups excluding carboxylic acids is 2. The SMILES string of the molecule is COC(=O)CNS(=O)(=O)c1c(C(=O)OC)sc2ncccc12. The first-order valence-electron chi connectivity index (χ1n) is 5.93. The molecule has 2 rings (SSSR count). The zero-order chi connectivity index (χ0) is 16.3. The van der Waals surface area contributed by atoms with E-state index in [4.69, 9.17) is 0 Å². The van der Waals surface area contributed by atoms with Crippen molar-refractivity contribution in [3.05, 3.63) is 23.2 Å². The first-order valence-corrected chi connectivity index (χ1v) is 8.23. The predicted molar refractivity (Wildman–Crippen MR) is 78.2 cm³/mol. The van der Waals surface area contributed by atoms with Crippen molar-refractivity contribution >= 4 is 43.5 Å². The lowest BCUT2D eigenvalue weighted by atomic mass is 10.3. The monoisotopic (exact) mass is 344 g/mol. The number of carbonyl (C=O) groups is 2. The molecule has 0 amide bonds. The van der Waals surface area contributed by atoms with Crippen LogP contribution in [0.15, 0.2) is 23.2 Å². The van der Waals surface area contributed by atoms with Gasteiger partial charge in [0.25, 0.3) is 0 Å². The summed E-state index contributed by atoms with van der Waals surface area (Å²) < 4.78 is 35.9. The number of rotatable bonds is 5. The van der Waals surface area contributed by atoms with Crippen molar-refractivity contribution in [1.82, 2.24) is 9.71 Å². The van der Waals surface area contributed by atoms with Crippen molar-refractivity contribution in [2.24, 2.45) is 0 Å². The molecular weight excluding hydrogens is 332 g/mol. The average Bonchev–Trinajstić information content (AvgIpc) is 2.92. The Morgan fingerprint density at radius 3 is 2.68 bits per heavy atom. The molecule has 0 bridgehead atoms. The Morgan fingerprint density at radius 2 is 2.05 bits per heavy atom. The quantitative estimate of drug-likeness (QED) is 0.788. The number of hydrogen-bond donors (Lipinski definition) is 1. The molecule has 22 heavy (non-hydrogen) atoms. The van der Waals surface area contributed by atoms with Gasteiger partial charge in [-0.3, -0.25) is 4.79 Å². The van der Waals surface area contributed by atoms with Crippen molar-refractivity contribution in [2.45, 2.75) is 4.90 Å². The third-order valence-electron chi connectivity index (χ3n) is 2.69.